The lowest BCUT2D eigenvalue weighted by atomic mass is 9.99. The number of nitrogens with zero attached hydrogens (tertiary/aromatic N) is 2. The van der Waals surface area contributed by atoms with E-state index in [1.54, 1.807) is 0 Å². The van der Waals surface area contributed by atoms with Crippen LogP contribution in [0.4, 0.5) is 0 Å². The number of rotatable bonds is 2. The summed E-state index contributed by atoms with van der Waals surface area (Å²) in [4.78, 5) is 17.4. The molecule has 1 N–H and O–H groups in total. The minimum atomic E-state index is 0.449. The zero-order chi connectivity index (χ0) is 13.3. The van der Waals surface area contributed by atoms with E-state index in [-0.39, 0.29) is 0 Å². The maximum Gasteiger partial charge on any atom is 0.226 e. The van der Waals surface area contributed by atoms with Crippen LogP contribution >= 0.6 is 0 Å². The molecule has 4 unspecified atom stereocenters. The summed E-state index contributed by atoms with van der Waals surface area (Å²) in [6, 6.07) is 0.649. The molecule has 2 saturated heterocycles. The number of piperazine rings is 1. The van der Waals surface area contributed by atoms with Crippen molar-refractivity contribution in [2.24, 2.45) is 29.6 Å². The molecular weight excluding hydrogens is 250 g/mol. The van der Waals surface area contributed by atoms with Crippen LogP contribution in [0, 0.1) is 29.6 Å². The molecule has 4 atom stereocenters. The zero-order valence-electron chi connectivity index (χ0n) is 12.1. The van der Waals surface area contributed by atoms with Gasteiger partial charge in [-0.2, -0.15) is 0 Å². The van der Waals surface area contributed by atoms with Gasteiger partial charge in [0.15, 0.2) is 0 Å². The van der Waals surface area contributed by atoms with Gasteiger partial charge in [0.25, 0.3) is 0 Å². The average Bonchev–Trinajstić information content (AvgIpc) is 2.87. The topological polar surface area (TPSA) is 35.6 Å². The van der Waals surface area contributed by atoms with Gasteiger partial charge < -0.3 is 10.2 Å². The summed E-state index contributed by atoms with van der Waals surface area (Å²) in [6.45, 7) is 6.55. The Bertz CT molecular complexity index is 411. The first-order valence-corrected chi connectivity index (χ1v) is 8.56. The first-order valence-electron chi connectivity index (χ1n) is 8.56. The summed E-state index contributed by atoms with van der Waals surface area (Å²) < 4.78 is 0. The summed E-state index contributed by atoms with van der Waals surface area (Å²) in [5.74, 6) is 4.42. The fourth-order valence-electron chi connectivity index (χ4n) is 5.78. The van der Waals surface area contributed by atoms with Crippen LogP contribution < -0.4 is 5.32 Å². The number of carbonyl (C=O) groups is 1. The monoisotopic (exact) mass is 275 g/mol. The second kappa shape index (κ2) is 4.20. The van der Waals surface area contributed by atoms with Crippen LogP contribution in [0.5, 0.6) is 0 Å². The van der Waals surface area contributed by atoms with E-state index in [0.717, 1.165) is 62.9 Å². The molecule has 2 heterocycles. The van der Waals surface area contributed by atoms with Crippen LogP contribution in [-0.2, 0) is 4.79 Å². The zero-order valence-corrected chi connectivity index (χ0v) is 12.1. The summed E-state index contributed by atoms with van der Waals surface area (Å²) in [5.41, 5.74) is 0. The molecule has 5 aliphatic rings. The van der Waals surface area contributed by atoms with Crippen LogP contribution in [0.25, 0.3) is 0 Å². The van der Waals surface area contributed by atoms with Gasteiger partial charge in [-0.1, -0.05) is 0 Å². The third kappa shape index (κ3) is 1.58. The van der Waals surface area contributed by atoms with Crippen LogP contribution in [0.15, 0.2) is 0 Å². The van der Waals surface area contributed by atoms with E-state index in [2.05, 4.69) is 15.1 Å². The van der Waals surface area contributed by atoms with Crippen molar-refractivity contribution in [3.8, 4) is 0 Å². The maximum atomic E-state index is 12.6. The van der Waals surface area contributed by atoms with E-state index >= 15 is 0 Å². The van der Waals surface area contributed by atoms with Crippen molar-refractivity contribution in [1.29, 1.82) is 0 Å². The van der Waals surface area contributed by atoms with E-state index in [0.29, 0.717) is 17.9 Å². The Hall–Kier alpha value is -0.610. The van der Waals surface area contributed by atoms with E-state index in [4.69, 9.17) is 0 Å². The van der Waals surface area contributed by atoms with Crippen LogP contribution in [0.2, 0.25) is 0 Å². The quantitative estimate of drug-likeness (QED) is 0.792. The SMILES string of the molecule is O=C(C1C2C3CCC(C3)C12)N1CC(N2CCNCC2)C1. The summed E-state index contributed by atoms with van der Waals surface area (Å²) in [6.07, 6.45) is 4.28. The molecule has 3 saturated carbocycles. The number of nitrogens with one attached hydrogen (secondary N) is 1. The Morgan fingerprint density at radius 3 is 2.30 bits per heavy atom. The first-order chi connectivity index (χ1) is 9.83. The fraction of sp³-hybridized carbons (Fsp3) is 0.938. The lowest BCUT2D eigenvalue weighted by Gasteiger charge is -2.47. The number of amides is 1. The number of fused-ring (bicyclic) bond motifs is 5. The van der Waals surface area contributed by atoms with Crippen molar-refractivity contribution >= 4 is 5.91 Å². The van der Waals surface area contributed by atoms with Crippen LogP contribution in [0.1, 0.15) is 19.3 Å². The second-order valence-electron chi connectivity index (χ2n) is 7.70. The Kier molecular flexibility index (Phi) is 2.52. The molecule has 0 aromatic carbocycles. The molecule has 1 amide bonds. The molecule has 110 valence electrons. The number of hydrogen-bond acceptors (Lipinski definition) is 3. The van der Waals surface area contributed by atoms with Crippen LogP contribution in [0.3, 0.4) is 0 Å². The highest BCUT2D eigenvalue weighted by Gasteiger charge is 2.68. The lowest BCUT2D eigenvalue weighted by molar-refractivity contribution is -0.141. The highest BCUT2D eigenvalue weighted by Crippen LogP contribution is 2.69. The predicted molar refractivity (Wildman–Crippen MR) is 76.1 cm³/mol. The van der Waals surface area contributed by atoms with Crippen molar-refractivity contribution in [3.63, 3.8) is 0 Å². The van der Waals surface area contributed by atoms with Gasteiger partial charge in [-0.15, -0.1) is 0 Å². The first kappa shape index (κ1) is 12.0. The third-order valence-corrected chi connectivity index (χ3v) is 6.86. The molecule has 5 fully saturated rings. The maximum absolute atomic E-state index is 12.6. The minimum Gasteiger partial charge on any atom is -0.339 e. The Morgan fingerprint density at radius 2 is 1.65 bits per heavy atom. The molecule has 4 nitrogen and oxygen atoms in total. The summed E-state index contributed by atoms with van der Waals surface area (Å²) in [7, 11) is 0. The Morgan fingerprint density at radius 1 is 1.00 bits per heavy atom. The smallest absolute Gasteiger partial charge is 0.226 e. The van der Waals surface area contributed by atoms with Gasteiger partial charge in [0.1, 0.15) is 0 Å². The van der Waals surface area contributed by atoms with Gasteiger partial charge in [-0.3, -0.25) is 9.69 Å². The van der Waals surface area contributed by atoms with E-state index < -0.39 is 0 Å². The lowest BCUT2D eigenvalue weighted by Crippen LogP contribution is -2.64. The van der Waals surface area contributed by atoms with E-state index in [9.17, 15) is 4.79 Å². The third-order valence-electron chi connectivity index (χ3n) is 6.86. The van der Waals surface area contributed by atoms with Gasteiger partial charge in [-0.25, -0.2) is 0 Å². The number of hydrogen-bond donors (Lipinski definition) is 1. The van der Waals surface area contributed by atoms with Crippen molar-refractivity contribution in [3.05, 3.63) is 0 Å². The van der Waals surface area contributed by atoms with Crippen molar-refractivity contribution in [2.75, 3.05) is 39.3 Å². The molecule has 3 aliphatic carbocycles. The van der Waals surface area contributed by atoms with Crippen molar-refractivity contribution in [2.45, 2.75) is 25.3 Å². The molecule has 4 heteroatoms. The highest BCUT2D eigenvalue weighted by atomic mass is 16.2. The van der Waals surface area contributed by atoms with Gasteiger partial charge in [0.2, 0.25) is 5.91 Å². The second-order valence-corrected chi connectivity index (χ2v) is 7.70. The molecule has 20 heavy (non-hydrogen) atoms. The van der Waals surface area contributed by atoms with Crippen molar-refractivity contribution < 1.29 is 4.79 Å². The van der Waals surface area contributed by atoms with E-state index in [1.165, 1.54) is 19.3 Å². The minimum absolute atomic E-state index is 0.449. The molecule has 0 radical (unpaired) electrons. The Balaban J connectivity index is 1.17. The van der Waals surface area contributed by atoms with Crippen molar-refractivity contribution in [1.82, 2.24) is 15.1 Å². The number of carbonyl (C=O) groups excluding carboxylic acids is 1. The van der Waals surface area contributed by atoms with Gasteiger partial charge in [0.05, 0.1) is 0 Å². The molecular formula is C16H25N3O. The average molecular weight is 275 g/mol. The largest absolute Gasteiger partial charge is 0.339 e. The van der Waals surface area contributed by atoms with Gasteiger partial charge >= 0.3 is 0 Å². The van der Waals surface area contributed by atoms with E-state index in [1.807, 2.05) is 0 Å². The summed E-state index contributed by atoms with van der Waals surface area (Å²) in [5, 5.41) is 3.40. The predicted octanol–water partition coefficient (Wildman–Crippen LogP) is 0.395. The Labute approximate surface area is 120 Å². The fourth-order valence-corrected chi connectivity index (χ4v) is 5.78. The highest BCUT2D eigenvalue weighted by molar-refractivity contribution is 5.83. The molecule has 0 aromatic rings. The van der Waals surface area contributed by atoms with Gasteiger partial charge in [0, 0.05) is 51.2 Å². The summed E-state index contributed by atoms with van der Waals surface area (Å²) >= 11 is 0. The molecule has 5 rings (SSSR count). The molecule has 0 spiro atoms. The molecule has 2 bridgehead atoms. The van der Waals surface area contributed by atoms with Crippen LogP contribution in [-0.4, -0.2) is 61.0 Å². The molecule has 0 aromatic heterocycles. The van der Waals surface area contributed by atoms with Gasteiger partial charge in [-0.05, 0) is 42.9 Å². The standard InChI is InChI=1S/C16H25N3O/c20-16(15-13-10-1-2-11(7-10)14(13)15)19-8-12(9-19)18-5-3-17-4-6-18/h10-15,17H,1-9H2. The number of likely N-dealkylation sites (tertiary alicyclic amines) is 1. The molecule has 2 aliphatic heterocycles. The normalized spacial score (nSPS) is 47.2.